The molecule has 0 N–H and O–H groups in total. The van der Waals surface area contributed by atoms with Crippen LogP contribution in [0.4, 0.5) is 11.4 Å². The molecule has 0 aliphatic carbocycles. The van der Waals surface area contributed by atoms with Gasteiger partial charge in [-0.05, 0) is 11.2 Å². The first-order valence-electron chi connectivity index (χ1n) is 3.86. The van der Waals surface area contributed by atoms with E-state index in [9.17, 15) is 25.1 Å². The number of nitrogens with zero attached hydrogens (tertiary/aromatic N) is 3. The number of nitro benzene ring substituents is 2. The van der Waals surface area contributed by atoms with Gasteiger partial charge in [-0.1, -0.05) is 11.6 Å². The van der Waals surface area contributed by atoms with Crippen LogP contribution in [0.2, 0.25) is 0 Å². The molecule has 0 aliphatic heterocycles. The summed E-state index contributed by atoms with van der Waals surface area (Å²) in [5, 5.41) is 23.5. The molecule has 0 saturated heterocycles. The first-order chi connectivity index (χ1) is 7.47. The molecule has 1 unspecified atom stereocenters. The standard InChI is InChI=1S/C7H4ClN3O5/c8-7(9-12)4-1-2-5(10(13)14)6(3-4)11(15)16/h1-3,7H. The van der Waals surface area contributed by atoms with Gasteiger partial charge in [0.1, 0.15) is 0 Å². The lowest BCUT2D eigenvalue weighted by molar-refractivity contribution is -0.422. The normalized spacial score (nSPS) is 11.8. The summed E-state index contributed by atoms with van der Waals surface area (Å²) in [7, 11) is 0. The average molecular weight is 246 g/mol. The Morgan fingerprint density at radius 1 is 1.19 bits per heavy atom. The Labute approximate surface area is 93.1 Å². The minimum Gasteiger partial charge on any atom is -0.258 e. The zero-order chi connectivity index (χ0) is 12.3. The number of nitroso groups, excluding NO2 is 1. The first-order valence-corrected chi connectivity index (χ1v) is 4.30. The van der Waals surface area contributed by atoms with Crippen molar-refractivity contribution in [2.24, 2.45) is 5.18 Å². The number of hydrogen-bond donors (Lipinski definition) is 0. The van der Waals surface area contributed by atoms with Crippen molar-refractivity contribution in [3.05, 3.63) is 48.9 Å². The van der Waals surface area contributed by atoms with Crippen molar-refractivity contribution in [2.75, 3.05) is 0 Å². The third-order valence-electron chi connectivity index (χ3n) is 1.76. The monoisotopic (exact) mass is 245 g/mol. The van der Waals surface area contributed by atoms with Crippen molar-refractivity contribution < 1.29 is 9.85 Å². The Morgan fingerprint density at radius 2 is 1.75 bits per heavy atom. The SMILES string of the molecule is O=NC(Cl)c1ccc([N+](=O)[O-])c([N+](=O)[O-])c1. The highest BCUT2D eigenvalue weighted by Gasteiger charge is 2.25. The molecule has 8 nitrogen and oxygen atoms in total. The predicted molar refractivity (Wildman–Crippen MR) is 54.1 cm³/mol. The van der Waals surface area contributed by atoms with Crippen LogP contribution in [0.5, 0.6) is 0 Å². The van der Waals surface area contributed by atoms with Gasteiger partial charge >= 0.3 is 11.4 Å². The minimum absolute atomic E-state index is 0.0361. The summed E-state index contributed by atoms with van der Waals surface area (Å²) in [6.07, 6.45) is 0. The number of halogens is 1. The molecule has 0 spiro atoms. The minimum atomic E-state index is -1.31. The van der Waals surface area contributed by atoms with Gasteiger partial charge in [0.2, 0.25) is 0 Å². The molecule has 0 fully saturated rings. The van der Waals surface area contributed by atoms with Gasteiger partial charge in [-0.25, -0.2) is 0 Å². The van der Waals surface area contributed by atoms with Gasteiger partial charge < -0.3 is 0 Å². The van der Waals surface area contributed by atoms with Crippen LogP contribution in [-0.2, 0) is 0 Å². The highest BCUT2D eigenvalue weighted by Crippen LogP contribution is 2.32. The number of rotatable bonds is 4. The lowest BCUT2D eigenvalue weighted by atomic mass is 10.2. The summed E-state index contributed by atoms with van der Waals surface area (Å²) >= 11 is 5.43. The third kappa shape index (κ3) is 2.28. The quantitative estimate of drug-likeness (QED) is 0.266. The van der Waals surface area contributed by atoms with Crippen LogP contribution in [0, 0.1) is 25.1 Å². The van der Waals surface area contributed by atoms with Gasteiger partial charge in [-0.2, -0.15) is 0 Å². The van der Waals surface area contributed by atoms with E-state index in [1.54, 1.807) is 0 Å². The maximum Gasteiger partial charge on any atom is 0.346 e. The molecule has 0 aliphatic rings. The second kappa shape index (κ2) is 4.62. The maximum atomic E-state index is 10.5. The van der Waals surface area contributed by atoms with Crippen molar-refractivity contribution in [1.29, 1.82) is 0 Å². The number of benzene rings is 1. The molecule has 1 aromatic rings. The fraction of sp³-hybridized carbons (Fsp3) is 0.143. The van der Waals surface area contributed by atoms with Gasteiger partial charge in [-0.15, -0.1) is 4.91 Å². The first kappa shape index (κ1) is 12.0. The highest BCUT2D eigenvalue weighted by molar-refractivity contribution is 6.20. The molecule has 0 bridgehead atoms. The summed E-state index contributed by atoms with van der Waals surface area (Å²) in [6.45, 7) is 0. The zero-order valence-corrected chi connectivity index (χ0v) is 8.33. The van der Waals surface area contributed by atoms with Gasteiger partial charge in [-0.3, -0.25) is 20.2 Å². The molecule has 0 radical (unpaired) electrons. The van der Waals surface area contributed by atoms with Crippen LogP contribution in [-0.4, -0.2) is 9.85 Å². The molecule has 9 heteroatoms. The lowest BCUT2D eigenvalue weighted by Crippen LogP contribution is -1.98. The predicted octanol–water partition coefficient (Wildman–Crippen LogP) is 2.51. The molecule has 16 heavy (non-hydrogen) atoms. The van der Waals surface area contributed by atoms with Crippen molar-refractivity contribution in [1.82, 2.24) is 0 Å². The van der Waals surface area contributed by atoms with E-state index in [0.717, 1.165) is 18.2 Å². The molecule has 1 rings (SSSR count). The molecule has 0 aromatic heterocycles. The second-order valence-electron chi connectivity index (χ2n) is 2.70. The van der Waals surface area contributed by atoms with E-state index in [2.05, 4.69) is 5.18 Å². The summed E-state index contributed by atoms with van der Waals surface area (Å²) in [5.74, 6) is 0. The number of hydrogen-bond acceptors (Lipinski definition) is 6. The Hall–Kier alpha value is -2.09. The van der Waals surface area contributed by atoms with Crippen molar-refractivity contribution in [3.63, 3.8) is 0 Å². The summed E-state index contributed by atoms with van der Waals surface area (Å²) < 4.78 is 0. The van der Waals surface area contributed by atoms with E-state index in [-0.39, 0.29) is 5.56 Å². The van der Waals surface area contributed by atoms with E-state index < -0.39 is 26.7 Å². The molecule has 0 amide bonds. The molecule has 84 valence electrons. The van der Waals surface area contributed by atoms with Gasteiger partial charge in [0.05, 0.1) is 9.85 Å². The van der Waals surface area contributed by atoms with Gasteiger partial charge in [0.25, 0.3) is 0 Å². The molecular formula is C7H4ClN3O5. The summed E-state index contributed by atoms with van der Waals surface area (Å²) in [5.41, 5.74) is -2.66. The van der Waals surface area contributed by atoms with Crippen LogP contribution in [0.1, 0.15) is 11.1 Å². The Morgan fingerprint density at radius 3 is 2.19 bits per heavy atom. The van der Waals surface area contributed by atoms with Crippen LogP contribution in [0.25, 0.3) is 0 Å². The van der Waals surface area contributed by atoms with E-state index in [4.69, 9.17) is 11.6 Å². The number of alkyl halides is 1. The van der Waals surface area contributed by atoms with Crippen molar-refractivity contribution in [2.45, 2.75) is 5.50 Å². The third-order valence-corrected chi connectivity index (χ3v) is 2.09. The fourth-order valence-corrected chi connectivity index (χ4v) is 1.19. The van der Waals surface area contributed by atoms with Crippen LogP contribution >= 0.6 is 11.6 Å². The lowest BCUT2D eigenvalue weighted by Gasteiger charge is -2.00. The Balaban J connectivity index is 3.33. The summed E-state index contributed by atoms with van der Waals surface area (Å²) in [6, 6.07) is 2.91. The average Bonchev–Trinajstić information content (AvgIpc) is 2.26. The highest BCUT2D eigenvalue weighted by atomic mass is 35.5. The van der Waals surface area contributed by atoms with E-state index in [0.29, 0.717) is 0 Å². The molecule has 1 aromatic carbocycles. The maximum absolute atomic E-state index is 10.5. The van der Waals surface area contributed by atoms with Crippen LogP contribution in [0.15, 0.2) is 23.4 Å². The van der Waals surface area contributed by atoms with Gasteiger partial charge in [0, 0.05) is 17.7 Å². The van der Waals surface area contributed by atoms with Crippen LogP contribution < -0.4 is 0 Å². The van der Waals surface area contributed by atoms with E-state index in [1.165, 1.54) is 0 Å². The van der Waals surface area contributed by atoms with Crippen molar-refractivity contribution >= 4 is 23.0 Å². The molecular weight excluding hydrogens is 242 g/mol. The molecule has 0 heterocycles. The van der Waals surface area contributed by atoms with E-state index >= 15 is 0 Å². The van der Waals surface area contributed by atoms with Gasteiger partial charge in [0.15, 0.2) is 5.50 Å². The molecule has 0 saturated carbocycles. The number of nitro groups is 2. The topological polar surface area (TPSA) is 116 Å². The smallest absolute Gasteiger partial charge is 0.258 e. The Bertz CT molecular complexity index is 463. The largest absolute Gasteiger partial charge is 0.346 e. The second-order valence-corrected chi connectivity index (χ2v) is 3.12. The Kier molecular flexibility index (Phi) is 3.46. The fourth-order valence-electron chi connectivity index (χ4n) is 1.05. The molecule has 1 atom stereocenters. The summed E-state index contributed by atoms with van der Waals surface area (Å²) in [4.78, 5) is 29.3. The zero-order valence-electron chi connectivity index (χ0n) is 7.57. The van der Waals surface area contributed by atoms with E-state index in [1.807, 2.05) is 0 Å². The van der Waals surface area contributed by atoms with Crippen LogP contribution in [0.3, 0.4) is 0 Å². The van der Waals surface area contributed by atoms with Crippen molar-refractivity contribution in [3.8, 4) is 0 Å².